The number of benzene rings is 2. The highest BCUT2D eigenvalue weighted by Crippen LogP contribution is 2.35. The van der Waals surface area contributed by atoms with Crippen LogP contribution in [0.5, 0.6) is 0 Å². The van der Waals surface area contributed by atoms with E-state index in [2.05, 4.69) is 22.1 Å². The molecule has 0 spiro atoms. The van der Waals surface area contributed by atoms with Gasteiger partial charge in [-0.3, -0.25) is 19.9 Å². The Morgan fingerprint density at radius 3 is 1.23 bits per heavy atom. The topological polar surface area (TPSA) is 102 Å². The van der Waals surface area contributed by atoms with E-state index in [1.54, 1.807) is 12.4 Å². The number of hydrogen-bond acceptors (Lipinski definition) is 8. The van der Waals surface area contributed by atoms with Crippen LogP contribution in [0.25, 0.3) is 44.6 Å². The van der Waals surface area contributed by atoms with Crippen LogP contribution in [0, 0.1) is 0 Å². The van der Waals surface area contributed by atoms with Crippen molar-refractivity contribution in [3.8, 4) is 22.8 Å². The van der Waals surface area contributed by atoms with Gasteiger partial charge in [-0.15, -0.1) is 0 Å². The molecule has 7 heterocycles. The highest BCUT2D eigenvalue weighted by atomic mass is 14.9. The number of hydrogen-bond donors (Lipinski definition) is 0. The molecule has 0 fully saturated rings. The summed E-state index contributed by atoms with van der Waals surface area (Å²) in [5.41, 5.74) is 10.4. The number of para-hydroxylation sites is 2. The van der Waals surface area contributed by atoms with E-state index in [0.29, 0.717) is 34.2 Å². The van der Waals surface area contributed by atoms with Crippen molar-refractivity contribution in [1.82, 2.24) is 29.9 Å². The first-order valence-electron chi connectivity index (χ1n) is 15.5. The minimum absolute atomic E-state index is 0.649. The predicted molar refractivity (Wildman–Crippen MR) is 189 cm³/mol. The third-order valence-electron chi connectivity index (χ3n) is 8.25. The Bertz CT molecular complexity index is 2350. The van der Waals surface area contributed by atoms with E-state index in [0.717, 1.165) is 55.7 Å². The summed E-state index contributed by atoms with van der Waals surface area (Å²) in [7, 11) is 0. The molecule has 6 aromatic heterocycles. The fourth-order valence-electron chi connectivity index (χ4n) is 5.88. The van der Waals surface area contributed by atoms with Crippen LogP contribution in [0.1, 0.15) is 22.5 Å². The van der Waals surface area contributed by atoms with Gasteiger partial charge in [0.15, 0.2) is 0 Å². The Hall–Kier alpha value is -6.80. The van der Waals surface area contributed by atoms with Crippen molar-refractivity contribution in [3.05, 3.63) is 169 Å². The first kappa shape index (κ1) is 27.5. The molecule has 2 aromatic carbocycles. The number of pyridine rings is 6. The van der Waals surface area contributed by atoms with Gasteiger partial charge in [-0.1, -0.05) is 48.5 Å². The quantitative estimate of drug-likeness (QED) is 0.197. The maximum absolute atomic E-state index is 5.34. The van der Waals surface area contributed by atoms with Gasteiger partial charge in [0.05, 0.1) is 45.2 Å². The van der Waals surface area contributed by atoms with Crippen molar-refractivity contribution in [1.29, 1.82) is 0 Å². The summed E-state index contributed by atoms with van der Waals surface area (Å²) in [6.45, 7) is 0. The van der Waals surface area contributed by atoms with E-state index in [-0.39, 0.29) is 0 Å². The number of rotatable bonds is 4. The summed E-state index contributed by atoms with van der Waals surface area (Å²) in [6.07, 6.45) is 7.18. The van der Waals surface area contributed by atoms with E-state index in [1.165, 1.54) is 0 Å². The zero-order valence-corrected chi connectivity index (χ0v) is 25.4. The van der Waals surface area contributed by atoms with Gasteiger partial charge in [-0.2, -0.15) is 0 Å². The van der Waals surface area contributed by atoms with Gasteiger partial charge in [0.25, 0.3) is 0 Å². The second kappa shape index (κ2) is 11.5. The Balaban J connectivity index is 1.29. The zero-order chi connectivity index (χ0) is 31.9. The summed E-state index contributed by atoms with van der Waals surface area (Å²) in [4.78, 5) is 39.5. The van der Waals surface area contributed by atoms with Crippen LogP contribution in [0.3, 0.4) is 0 Å². The average molecular weight is 617 g/mol. The molecule has 9 rings (SSSR count). The summed E-state index contributed by atoms with van der Waals surface area (Å²) < 4.78 is 0. The molecule has 1 aliphatic heterocycles. The highest BCUT2D eigenvalue weighted by Gasteiger charge is 2.24. The standard InChI is InChI=1S/C40H24N8/c1-3-11-29-25(9-1)21-35-39(45-29)37(27-15-17-33(43-23-27)31-13-5-7-19-41-31)48-36-22-26-10-2-4-12-30(26)46-40(36)38(47-35)28-16-18-34(44-24-28)32-14-6-8-20-42-32/h1-24H/b39-37?,40-38?,47-35?,47-38-,48-36?,48-37-. The maximum Gasteiger partial charge on any atom is 0.116 e. The highest BCUT2D eigenvalue weighted by molar-refractivity contribution is 6.22. The number of aliphatic imine (C=N–C) groups is 2. The summed E-state index contributed by atoms with van der Waals surface area (Å²) in [5.74, 6) is 0. The molecule has 0 aliphatic carbocycles. The Labute approximate surface area is 275 Å². The van der Waals surface area contributed by atoms with Crippen molar-refractivity contribution in [2.24, 2.45) is 9.98 Å². The molecule has 8 aromatic rings. The van der Waals surface area contributed by atoms with Crippen LogP contribution in [0.15, 0.2) is 156 Å². The number of nitrogens with zero attached hydrogens (tertiary/aromatic N) is 8. The first-order chi connectivity index (χ1) is 23.8. The fraction of sp³-hybridized carbons (Fsp3) is 0. The Morgan fingerprint density at radius 2 is 0.812 bits per heavy atom. The van der Waals surface area contributed by atoms with Crippen LogP contribution in [0.2, 0.25) is 0 Å². The molecule has 0 saturated heterocycles. The predicted octanol–water partition coefficient (Wildman–Crippen LogP) is 8.35. The summed E-state index contributed by atoms with van der Waals surface area (Å²) >= 11 is 0. The van der Waals surface area contributed by atoms with Gasteiger partial charge >= 0.3 is 0 Å². The van der Waals surface area contributed by atoms with Crippen molar-refractivity contribution in [2.45, 2.75) is 0 Å². The molecule has 8 nitrogen and oxygen atoms in total. The summed E-state index contributed by atoms with van der Waals surface area (Å²) in [6, 6.07) is 39.7. The lowest BCUT2D eigenvalue weighted by Crippen LogP contribution is -2.13. The molecule has 8 heteroatoms. The Kier molecular flexibility index (Phi) is 6.61. The van der Waals surface area contributed by atoms with Gasteiger partial charge in [0.1, 0.15) is 22.8 Å². The molecule has 224 valence electrons. The maximum atomic E-state index is 5.34. The van der Waals surface area contributed by atoms with Gasteiger partial charge in [0, 0.05) is 46.7 Å². The third kappa shape index (κ3) is 4.98. The first-order valence-corrected chi connectivity index (χ1v) is 15.5. The van der Waals surface area contributed by atoms with Gasteiger partial charge in [0.2, 0.25) is 0 Å². The van der Waals surface area contributed by atoms with Crippen LogP contribution in [-0.4, -0.2) is 41.3 Å². The van der Waals surface area contributed by atoms with Crippen molar-refractivity contribution in [2.75, 3.05) is 0 Å². The van der Waals surface area contributed by atoms with E-state index in [4.69, 9.17) is 29.9 Å². The smallest absolute Gasteiger partial charge is 0.116 e. The second-order valence-electron chi connectivity index (χ2n) is 11.3. The van der Waals surface area contributed by atoms with E-state index in [1.807, 2.05) is 122 Å². The molecule has 0 N–H and O–H groups in total. The van der Waals surface area contributed by atoms with E-state index < -0.39 is 0 Å². The van der Waals surface area contributed by atoms with Crippen LogP contribution < -0.4 is 0 Å². The zero-order valence-electron chi connectivity index (χ0n) is 25.4. The van der Waals surface area contributed by atoms with Crippen molar-refractivity contribution in [3.63, 3.8) is 0 Å². The molecule has 0 saturated carbocycles. The van der Waals surface area contributed by atoms with Crippen LogP contribution >= 0.6 is 0 Å². The van der Waals surface area contributed by atoms with Crippen LogP contribution in [-0.2, 0) is 0 Å². The summed E-state index contributed by atoms with van der Waals surface area (Å²) in [5, 5.41) is 1.94. The molecular formula is C40H24N8. The molecule has 0 bridgehead atoms. The molecule has 1 aliphatic rings. The van der Waals surface area contributed by atoms with Crippen molar-refractivity contribution < 1.29 is 0 Å². The molecule has 0 amide bonds. The lowest BCUT2D eigenvalue weighted by Gasteiger charge is -2.18. The third-order valence-corrected chi connectivity index (χ3v) is 8.25. The second-order valence-corrected chi connectivity index (χ2v) is 11.3. The number of aromatic nitrogens is 6. The van der Waals surface area contributed by atoms with E-state index >= 15 is 0 Å². The lowest BCUT2D eigenvalue weighted by atomic mass is 10.0. The van der Waals surface area contributed by atoms with E-state index in [9.17, 15) is 0 Å². The van der Waals surface area contributed by atoms with Gasteiger partial charge in [-0.25, -0.2) is 20.0 Å². The molecule has 48 heavy (non-hydrogen) atoms. The molecule has 0 radical (unpaired) electrons. The SMILES string of the molecule is c1ccc(-c2ccc(/C3=N/c4cc5ccccc5nc4/C(c4ccc(-c5ccccn5)nc4)=N\c4cc5ccccc5nc43)cn2)nc1. The molecule has 0 unspecified atom stereocenters. The average Bonchev–Trinajstić information content (AvgIpc) is 3.16. The van der Waals surface area contributed by atoms with Gasteiger partial charge < -0.3 is 0 Å². The minimum atomic E-state index is 0.649. The molecular weight excluding hydrogens is 592 g/mol. The van der Waals surface area contributed by atoms with Crippen LogP contribution in [0.4, 0.5) is 11.4 Å². The number of fused-ring (bicyclic) bond motifs is 4. The van der Waals surface area contributed by atoms with Gasteiger partial charge in [-0.05, 0) is 72.8 Å². The Morgan fingerprint density at radius 1 is 0.375 bits per heavy atom. The normalized spacial score (nSPS) is 14.6. The largest absolute Gasteiger partial charge is 0.255 e. The minimum Gasteiger partial charge on any atom is -0.255 e. The fourth-order valence-corrected chi connectivity index (χ4v) is 5.88. The van der Waals surface area contributed by atoms with Crippen molar-refractivity contribution >= 4 is 44.6 Å². The monoisotopic (exact) mass is 616 g/mol. The molecule has 0 atom stereocenters. The lowest BCUT2D eigenvalue weighted by molar-refractivity contribution is 1.22.